The largest absolute Gasteiger partial charge is 0.390 e. The number of H-pyrrole nitrogens is 1. The molecule has 0 spiro atoms. The van der Waals surface area contributed by atoms with Crippen molar-refractivity contribution in [2.45, 2.75) is 23.8 Å². The van der Waals surface area contributed by atoms with Crippen molar-refractivity contribution in [1.82, 2.24) is 9.55 Å². The lowest BCUT2D eigenvalue weighted by Crippen LogP contribution is -2.50. The summed E-state index contributed by atoms with van der Waals surface area (Å²) < 4.78 is 19.8. The Kier molecular flexibility index (Phi) is 3.53. The van der Waals surface area contributed by atoms with Crippen molar-refractivity contribution in [3.63, 3.8) is 0 Å². The normalized spacial score (nSPS) is 36.8. The van der Waals surface area contributed by atoms with Gasteiger partial charge in [0.15, 0.2) is 17.1 Å². The van der Waals surface area contributed by atoms with Crippen molar-refractivity contribution in [2.75, 3.05) is 6.61 Å². The van der Waals surface area contributed by atoms with Crippen molar-refractivity contribution in [1.29, 1.82) is 0 Å². The second kappa shape index (κ2) is 4.76. The van der Waals surface area contributed by atoms with Crippen molar-refractivity contribution < 1.29 is 24.4 Å². The quantitative estimate of drug-likeness (QED) is 0.404. The highest BCUT2D eigenvalue weighted by Gasteiger charge is 2.64. The van der Waals surface area contributed by atoms with Gasteiger partial charge in [-0.25, -0.2) is 4.39 Å². The van der Waals surface area contributed by atoms with E-state index < -0.39 is 36.0 Å². The molecule has 0 saturated carbocycles. The van der Waals surface area contributed by atoms with Crippen LogP contribution in [-0.4, -0.2) is 49.0 Å². The van der Waals surface area contributed by atoms with Crippen molar-refractivity contribution >= 4 is 12.2 Å². The number of terminal acetylenes is 1. The first-order valence-corrected chi connectivity index (χ1v) is 5.86. The lowest BCUT2D eigenvalue weighted by atomic mass is 9.94. The Morgan fingerprint density at radius 1 is 1.70 bits per heavy atom. The van der Waals surface area contributed by atoms with Gasteiger partial charge in [0, 0.05) is 12.3 Å². The third-order valence-electron chi connectivity index (χ3n) is 3.06. The fourth-order valence-corrected chi connectivity index (χ4v) is 2.22. The summed E-state index contributed by atoms with van der Waals surface area (Å²) in [6.07, 6.45) is 2.47. The van der Waals surface area contributed by atoms with Gasteiger partial charge in [-0.1, -0.05) is 5.92 Å². The third kappa shape index (κ3) is 1.98. The van der Waals surface area contributed by atoms with E-state index in [-0.39, 0.29) is 4.77 Å². The minimum atomic E-state index is -2.95. The minimum absolute atomic E-state index is 0.189. The molecular formula is C11H11FN2O5S. The summed E-state index contributed by atoms with van der Waals surface area (Å²) in [5.41, 5.74) is -2.98. The molecule has 0 amide bonds. The summed E-state index contributed by atoms with van der Waals surface area (Å²) in [6.45, 7) is -1.22. The molecule has 0 aliphatic carbocycles. The fourth-order valence-electron chi connectivity index (χ4n) is 1.96. The summed E-state index contributed by atoms with van der Waals surface area (Å²) in [6, 6.07) is 1.06. The molecule has 1 aromatic rings. The number of hydrogen-bond donors (Lipinski definition) is 4. The van der Waals surface area contributed by atoms with Crippen molar-refractivity contribution in [2.24, 2.45) is 0 Å². The molecule has 0 bridgehead atoms. The zero-order valence-corrected chi connectivity index (χ0v) is 10.8. The summed E-state index contributed by atoms with van der Waals surface area (Å²) in [5, 5.41) is 29.0. The van der Waals surface area contributed by atoms with E-state index in [4.69, 9.17) is 28.5 Å². The number of halogens is 1. The van der Waals surface area contributed by atoms with Crippen molar-refractivity contribution in [3.05, 3.63) is 27.4 Å². The van der Waals surface area contributed by atoms with Crippen LogP contribution in [0.15, 0.2) is 17.1 Å². The van der Waals surface area contributed by atoms with Crippen LogP contribution in [0.5, 0.6) is 0 Å². The van der Waals surface area contributed by atoms with Crippen LogP contribution in [0, 0.1) is 17.1 Å². The standard InChI is InChI=1S/C11H11FN2O5S/c1-2-10(18)7(17)11(12,5-15)19-8(10)14-4-3-6(16)13-9(14)20/h1,3-4,7-8,15,17-18H,5H2,(H,13,16,20)/t7-,8-,10?,11-/m1/s1. The molecular weight excluding hydrogens is 291 g/mol. The monoisotopic (exact) mass is 302 g/mol. The van der Waals surface area contributed by atoms with Crippen LogP contribution in [0.3, 0.4) is 0 Å². The Bertz CT molecular complexity index is 682. The SMILES string of the molecule is C#CC1(O)[C@@H](O)[C@@](F)(CO)O[C@H]1n1ccc(=O)[nH]c1=S. The van der Waals surface area contributed by atoms with Gasteiger partial charge < -0.3 is 20.1 Å². The van der Waals surface area contributed by atoms with E-state index in [9.17, 15) is 19.4 Å². The number of nitrogens with zero attached hydrogens (tertiary/aromatic N) is 1. The Labute approximate surface area is 117 Å². The van der Waals surface area contributed by atoms with E-state index in [1.807, 2.05) is 5.92 Å². The summed E-state index contributed by atoms with van der Waals surface area (Å²) in [7, 11) is 0. The van der Waals surface area contributed by atoms with E-state index >= 15 is 0 Å². The zero-order valence-electron chi connectivity index (χ0n) is 9.99. The molecule has 2 heterocycles. The molecule has 7 nitrogen and oxygen atoms in total. The molecule has 0 radical (unpaired) electrons. The average molecular weight is 302 g/mol. The van der Waals surface area contributed by atoms with Gasteiger partial charge in [-0.2, -0.15) is 0 Å². The molecule has 20 heavy (non-hydrogen) atoms. The topological polar surface area (TPSA) is 108 Å². The van der Waals surface area contributed by atoms with E-state index in [1.54, 1.807) is 0 Å². The third-order valence-corrected chi connectivity index (χ3v) is 3.37. The summed E-state index contributed by atoms with van der Waals surface area (Å²) in [5.74, 6) is -1.11. The Balaban J connectivity index is 2.59. The van der Waals surface area contributed by atoms with Gasteiger partial charge in [-0.3, -0.25) is 14.3 Å². The number of aromatic nitrogens is 2. The van der Waals surface area contributed by atoms with Crippen LogP contribution in [0.2, 0.25) is 0 Å². The second-order valence-electron chi connectivity index (χ2n) is 4.30. The average Bonchev–Trinajstić information content (AvgIpc) is 2.62. The maximum atomic E-state index is 14.2. The Morgan fingerprint density at radius 3 is 2.85 bits per heavy atom. The lowest BCUT2D eigenvalue weighted by Gasteiger charge is -2.26. The number of aromatic amines is 1. The van der Waals surface area contributed by atoms with E-state index in [0.717, 1.165) is 16.8 Å². The van der Waals surface area contributed by atoms with E-state index in [2.05, 4.69) is 4.98 Å². The number of hydrogen-bond acceptors (Lipinski definition) is 6. The molecule has 1 fully saturated rings. The van der Waals surface area contributed by atoms with Crippen LogP contribution in [-0.2, 0) is 4.74 Å². The lowest BCUT2D eigenvalue weighted by molar-refractivity contribution is -0.207. The van der Waals surface area contributed by atoms with Crippen LogP contribution < -0.4 is 5.56 Å². The zero-order chi connectivity index (χ0) is 15.1. The minimum Gasteiger partial charge on any atom is -0.390 e. The molecule has 108 valence electrons. The number of rotatable bonds is 2. The van der Waals surface area contributed by atoms with Gasteiger partial charge in [-0.05, 0) is 12.2 Å². The Morgan fingerprint density at radius 2 is 2.35 bits per heavy atom. The number of alkyl halides is 1. The Hall–Kier alpha value is -1.57. The maximum absolute atomic E-state index is 14.2. The number of aliphatic hydroxyl groups is 3. The van der Waals surface area contributed by atoms with Crippen LogP contribution in [0.1, 0.15) is 6.23 Å². The molecule has 1 aromatic heterocycles. The fraction of sp³-hybridized carbons (Fsp3) is 0.455. The molecule has 4 atom stereocenters. The first-order chi connectivity index (χ1) is 9.28. The highest BCUT2D eigenvalue weighted by molar-refractivity contribution is 7.71. The highest BCUT2D eigenvalue weighted by atomic mass is 32.1. The van der Waals surface area contributed by atoms with Crippen LogP contribution in [0.4, 0.5) is 4.39 Å². The van der Waals surface area contributed by atoms with Gasteiger partial charge in [0.2, 0.25) is 5.60 Å². The molecule has 1 aliphatic rings. The molecule has 0 aromatic carbocycles. The van der Waals surface area contributed by atoms with Crippen LogP contribution >= 0.6 is 12.2 Å². The molecule has 4 N–H and O–H groups in total. The molecule has 1 aliphatic heterocycles. The highest BCUT2D eigenvalue weighted by Crippen LogP contribution is 2.44. The maximum Gasteiger partial charge on any atom is 0.264 e. The van der Waals surface area contributed by atoms with E-state index in [0.29, 0.717) is 0 Å². The van der Waals surface area contributed by atoms with Gasteiger partial charge in [-0.15, -0.1) is 6.42 Å². The smallest absolute Gasteiger partial charge is 0.264 e. The summed E-state index contributed by atoms with van der Waals surface area (Å²) >= 11 is 4.86. The number of ether oxygens (including phenoxy) is 1. The number of aliphatic hydroxyl groups excluding tert-OH is 2. The molecule has 2 rings (SSSR count). The van der Waals surface area contributed by atoms with Gasteiger partial charge in [0.05, 0.1) is 0 Å². The van der Waals surface area contributed by atoms with Gasteiger partial charge in [0.25, 0.3) is 11.4 Å². The predicted octanol–water partition coefficient (Wildman–Crippen LogP) is -1.18. The number of nitrogens with one attached hydrogen (secondary N) is 1. The second-order valence-corrected chi connectivity index (χ2v) is 4.69. The summed E-state index contributed by atoms with van der Waals surface area (Å²) in [4.78, 5) is 13.3. The molecule has 1 saturated heterocycles. The van der Waals surface area contributed by atoms with Gasteiger partial charge >= 0.3 is 0 Å². The van der Waals surface area contributed by atoms with Gasteiger partial charge in [0.1, 0.15) is 6.61 Å². The molecule has 9 heteroatoms. The molecule has 1 unspecified atom stereocenters. The first kappa shape index (κ1) is 14.8. The predicted molar refractivity (Wildman–Crippen MR) is 66.7 cm³/mol. The first-order valence-electron chi connectivity index (χ1n) is 5.46. The van der Waals surface area contributed by atoms with Crippen LogP contribution in [0.25, 0.3) is 0 Å². The van der Waals surface area contributed by atoms with Crippen molar-refractivity contribution in [3.8, 4) is 12.3 Å². The van der Waals surface area contributed by atoms with E-state index in [1.165, 1.54) is 0 Å².